The number of nitriles is 1. The van der Waals surface area contributed by atoms with E-state index >= 15 is 0 Å². The number of hydrogen-bond donors (Lipinski definition) is 0. The zero-order valence-electron chi connectivity index (χ0n) is 12.2. The minimum Gasteiger partial charge on any atom is -0.384 e. The van der Waals surface area contributed by atoms with E-state index in [4.69, 9.17) is 10.00 Å². The Morgan fingerprint density at radius 3 is 2.50 bits per heavy atom. The van der Waals surface area contributed by atoms with Crippen molar-refractivity contribution in [3.8, 4) is 6.07 Å². The fourth-order valence-electron chi connectivity index (χ4n) is 2.57. The van der Waals surface area contributed by atoms with Crippen molar-refractivity contribution in [2.24, 2.45) is 11.3 Å². The zero-order chi connectivity index (χ0) is 13.4. The quantitative estimate of drug-likeness (QED) is 0.653. The number of nitrogens with zero attached hydrogens (tertiary/aromatic N) is 2. The van der Waals surface area contributed by atoms with Crippen molar-refractivity contribution in [2.45, 2.75) is 46.0 Å². The summed E-state index contributed by atoms with van der Waals surface area (Å²) in [6.07, 6.45) is 5.96. The van der Waals surface area contributed by atoms with Gasteiger partial charge in [-0.25, -0.2) is 0 Å². The van der Waals surface area contributed by atoms with Crippen molar-refractivity contribution in [1.82, 2.24) is 4.90 Å². The van der Waals surface area contributed by atoms with Crippen molar-refractivity contribution < 1.29 is 4.74 Å². The highest BCUT2D eigenvalue weighted by molar-refractivity contribution is 4.91. The SMILES string of the molecule is COCC1CCN(CCCCC(C)(C)C#N)CC1. The van der Waals surface area contributed by atoms with Crippen molar-refractivity contribution >= 4 is 0 Å². The van der Waals surface area contributed by atoms with Crippen molar-refractivity contribution in [3.05, 3.63) is 0 Å². The van der Waals surface area contributed by atoms with Gasteiger partial charge in [-0.3, -0.25) is 0 Å². The fourth-order valence-corrected chi connectivity index (χ4v) is 2.57. The molecule has 1 aliphatic heterocycles. The second-order valence-electron chi connectivity index (χ2n) is 6.19. The largest absolute Gasteiger partial charge is 0.384 e. The van der Waals surface area contributed by atoms with E-state index in [1.54, 1.807) is 7.11 Å². The minimum atomic E-state index is -0.147. The summed E-state index contributed by atoms with van der Waals surface area (Å²) in [7, 11) is 1.79. The van der Waals surface area contributed by atoms with Crippen LogP contribution < -0.4 is 0 Å². The Bertz CT molecular complexity index is 262. The highest BCUT2D eigenvalue weighted by Gasteiger charge is 2.19. The minimum absolute atomic E-state index is 0.147. The van der Waals surface area contributed by atoms with Gasteiger partial charge in [0.2, 0.25) is 0 Å². The lowest BCUT2D eigenvalue weighted by molar-refractivity contribution is 0.0985. The van der Waals surface area contributed by atoms with Gasteiger partial charge in [0.05, 0.1) is 11.5 Å². The van der Waals surface area contributed by atoms with Crippen LogP contribution in [-0.4, -0.2) is 38.3 Å². The van der Waals surface area contributed by atoms with E-state index in [2.05, 4.69) is 11.0 Å². The highest BCUT2D eigenvalue weighted by Crippen LogP contribution is 2.22. The molecule has 1 rings (SSSR count). The molecule has 1 heterocycles. The number of ether oxygens (including phenoxy) is 1. The Morgan fingerprint density at radius 2 is 1.94 bits per heavy atom. The molecule has 0 atom stereocenters. The van der Waals surface area contributed by atoms with Gasteiger partial charge in [0.15, 0.2) is 0 Å². The Morgan fingerprint density at radius 1 is 1.28 bits per heavy atom. The maximum atomic E-state index is 8.95. The summed E-state index contributed by atoms with van der Waals surface area (Å²) >= 11 is 0. The number of unbranched alkanes of at least 4 members (excludes halogenated alkanes) is 1. The van der Waals surface area contributed by atoms with Gasteiger partial charge in [-0.2, -0.15) is 5.26 Å². The van der Waals surface area contributed by atoms with Gasteiger partial charge < -0.3 is 9.64 Å². The monoisotopic (exact) mass is 252 g/mol. The lowest BCUT2D eigenvalue weighted by Crippen LogP contribution is -2.35. The van der Waals surface area contributed by atoms with Crippen LogP contribution in [-0.2, 0) is 4.74 Å². The van der Waals surface area contributed by atoms with Crippen LogP contribution in [0.2, 0.25) is 0 Å². The summed E-state index contributed by atoms with van der Waals surface area (Å²) in [5, 5.41) is 8.95. The highest BCUT2D eigenvalue weighted by atomic mass is 16.5. The van der Waals surface area contributed by atoms with Crippen LogP contribution in [0.3, 0.4) is 0 Å². The van der Waals surface area contributed by atoms with Gasteiger partial charge in [-0.05, 0) is 65.1 Å². The molecule has 18 heavy (non-hydrogen) atoms. The molecule has 104 valence electrons. The third-order valence-corrected chi connectivity index (χ3v) is 3.94. The van der Waals surface area contributed by atoms with E-state index in [0.29, 0.717) is 0 Å². The number of piperidine rings is 1. The Balaban J connectivity index is 2.06. The molecule has 0 aliphatic carbocycles. The molecule has 0 aromatic carbocycles. The molecule has 1 aliphatic rings. The fraction of sp³-hybridized carbons (Fsp3) is 0.933. The summed E-state index contributed by atoms with van der Waals surface area (Å²) in [6, 6.07) is 2.37. The van der Waals surface area contributed by atoms with Crippen molar-refractivity contribution in [1.29, 1.82) is 5.26 Å². The molecule has 0 aromatic rings. The molecular weight excluding hydrogens is 224 g/mol. The first-order valence-electron chi connectivity index (χ1n) is 7.20. The van der Waals surface area contributed by atoms with Crippen LogP contribution in [0.4, 0.5) is 0 Å². The van der Waals surface area contributed by atoms with Gasteiger partial charge in [0, 0.05) is 13.7 Å². The zero-order valence-corrected chi connectivity index (χ0v) is 12.2. The van der Waals surface area contributed by atoms with Gasteiger partial charge in [0.25, 0.3) is 0 Å². The Kier molecular flexibility index (Phi) is 6.67. The average molecular weight is 252 g/mol. The maximum absolute atomic E-state index is 8.95. The second kappa shape index (κ2) is 7.76. The van der Waals surface area contributed by atoms with E-state index in [9.17, 15) is 0 Å². The first-order chi connectivity index (χ1) is 8.57. The Hall–Kier alpha value is -0.590. The smallest absolute Gasteiger partial charge is 0.0683 e. The summed E-state index contributed by atoms with van der Waals surface area (Å²) < 4.78 is 5.22. The molecule has 0 radical (unpaired) electrons. The molecule has 0 aromatic heterocycles. The van der Waals surface area contributed by atoms with Gasteiger partial charge in [0.1, 0.15) is 0 Å². The van der Waals surface area contributed by atoms with Crippen LogP contribution in [0.15, 0.2) is 0 Å². The second-order valence-corrected chi connectivity index (χ2v) is 6.19. The molecule has 0 amide bonds. The summed E-state index contributed by atoms with van der Waals surface area (Å²) in [6.45, 7) is 8.61. The van der Waals surface area contributed by atoms with E-state index < -0.39 is 0 Å². The summed E-state index contributed by atoms with van der Waals surface area (Å²) in [5.74, 6) is 0.767. The van der Waals surface area contributed by atoms with E-state index in [-0.39, 0.29) is 5.41 Å². The molecule has 3 nitrogen and oxygen atoms in total. The number of hydrogen-bond acceptors (Lipinski definition) is 3. The average Bonchev–Trinajstić information content (AvgIpc) is 2.37. The molecule has 3 heteroatoms. The van der Waals surface area contributed by atoms with E-state index in [1.807, 2.05) is 13.8 Å². The molecular formula is C15H28N2O. The summed E-state index contributed by atoms with van der Waals surface area (Å²) in [4.78, 5) is 2.56. The molecule has 1 saturated heterocycles. The molecule has 0 spiro atoms. The predicted molar refractivity (Wildman–Crippen MR) is 74.3 cm³/mol. The van der Waals surface area contributed by atoms with E-state index in [0.717, 1.165) is 18.9 Å². The molecule has 0 N–H and O–H groups in total. The molecule has 0 saturated carbocycles. The number of rotatable bonds is 7. The van der Waals surface area contributed by atoms with Crippen molar-refractivity contribution in [3.63, 3.8) is 0 Å². The van der Waals surface area contributed by atoms with Crippen LogP contribution in [0.25, 0.3) is 0 Å². The third-order valence-electron chi connectivity index (χ3n) is 3.94. The first-order valence-corrected chi connectivity index (χ1v) is 7.20. The molecule has 0 bridgehead atoms. The van der Waals surface area contributed by atoms with Gasteiger partial charge in [-0.15, -0.1) is 0 Å². The molecule has 1 fully saturated rings. The van der Waals surface area contributed by atoms with Crippen LogP contribution in [0.5, 0.6) is 0 Å². The normalized spacial score (nSPS) is 18.8. The molecule has 0 unspecified atom stereocenters. The number of methoxy groups -OCH3 is 1. The summed E-state index contributed by atoms with van der Waals surface area (Å²) in [5.41, 5.74) is -0.147. The van der Waals surface area contributed by atoms with Gasteiger partial charge in [-0.1, -0.05) is 6.42 Å². The van der Waals surface area contributed by atoms with Crippen LogP contribution in [0.1, 0.15) is 46.0 Å². The van der Waals surface area contributed by atoms with Crippen molar-refractivity contribution in [2.75, 3.05) is 33.4 Å². The topological polar surface area (TPSA) is 36.3 Å². The maximum Gasteiger partial charge on any atom is 0.0683 e. The standard InChI is InChI=1S/C15H28N2O/c1-15(2,13-16)8-4-5-9-17-10-6-14(7-11-17)12-18-3/h14H,4-12H2,1-3H3. The van der Waals surface area contributed by atoms with E-state index in [1.165, 1.54) is 45.3 Å². The third kappa shape index (κ3) is 5.84. The first kappa shape index (κ1) is 15.5. The van der Waals surface area contributed by atoms with Gasteiger partial charge >= 0.3 is 0 Å². The predicted octanol–water partition coefficient (Wildman–Crippen LogP) is 3.06. The van der Waals surface area contributed by atoms with Crippen LogP contribution >= 0.6 is 0 Å². The number of likely N-dealkylation sites (tertiary alicyclic amines) is 1. The lowest BCUT2D eigenvalue weighted by atomic mass is 9.89. The Labute approximate surface area is 112 Å². The van der Waals surface area contributed by atoms with Crippen LogP contribution in [0, 0.1) is 22.7 Å². The lowest BCUT2D eigenvalue weighted by Gasteiger charge is -2.31.